The Hall–Kier alpha value is -2.01. The fourth-order valence-corrected chi connectivity index (χ4v) is 2.18. The van der Waals surface area contributed by atoms with E-state index in [2.05, 4.69) is 10.6 Å². The fourth-order valence-electron chi connectivity index (χ4n) is 1.90. The third kappa shape index (κ3) is 3.98. The summed E-state index contributed by atoms with van der Waals surface area (Å²) in [7, 11) is 0. The zero-order valence-electron chi connectivity index (χ0n) is 11.8. The summed E-state index contributed by atoms with van der Waals surface area (Å²) < 4.78 is 27.1. The summed E-state index contributed by atoms with van der Waals surface area (Å²) in [5.74, 6) is -1.36. The van der Waals surface area contributed by atoms with Crippen LogP contribution in [0.5, 0.6) is 0 Å². The van der Waals surface area contributed by atoms with Gasteiger partial charge < -0.3 is 10.6 Å². The average molecular weight is 306 g/mol. The molecule has 21 heavy (non-hydrogen) atoms. The van der Waals surface area contributed by atoms with Crippen LogP contribution in [0.4, 0.5) is 14.5 Å². The molecule has 0 aliphatic heterocycles. The Balaban J connectivity index is 2.03. The van der Waals surface area contributed by atoms with E-state index in [-0.39, 0.29) is 16.8 Å². The Morgan fingerprint density at radius 3 is 2.19 bits per heavy atom. The Labute approximate surface area is 128 Å². The SMILES string of the molecule is Cc1ccc(C(C)NC(=S)Nc2c(F)cccc2F)cc1. The molecule has 0 bridgehead atoms. The first kappa shape index (κ1) is 15.4. The summed E-state index contributed by atoms with van der Waals surface area (Å²) in [5, 5.41) is 5.74. The highest BCUT2D eigenvalue weighted by Crippen LogP contribution is 2.18. The van der Waals surface area contributed by atoms with E-state index in [4.69, 9.17) is 12.2 Å². The van der Waals surface area contributed by atoms with Crippen LogP contribution in [0.2, 0.25) is 0 Å². The van der Waals surface area contributed by atoms with Gasteiger partial charge in [0.1, 0.15) is 17.3 Å². The van der Waals surface area contributed by atoms with E-state index >= 15 is 0 Å². The van der Waals surface area contributed by atoms with E-state index in [0.717, 1.165) is 5.56 Å². The highest BCUT2D eigenvalue weighted by Gasteiger charge is 2.12. The van der Waals surface area contributed by atoms with Crippen molar-refractivity contribution in [3.05, 3.63) is 65.2 Å². The molecule has 0 amide bonds. The molecule has 2 aromatic carbocycles. The van der Waals surface area contributed by atoms with E-state index in [9.17, 15) is 8.78 Å². The van der Waals surface area contributed by atoms with Gasteiger partial charge in [-0.3, -0.25) is 0 Å². The Bertz CT molecular complexity index is 621. The van der Waals surface area contributed by atoms with Gasteiger partial charge in [-0.25, -0.2) is 8.78 Å². The summed E-state index contributed by atoms with van der Waals surface area (Å²) in [4.78, 5) is 0. The van der Waals surface area contributed by atoms with Crippen LogP contribution in [0.1, 0.15) is 24.1 Å². The predicted molar refractivity (Wildman–Crippen MR) is 85.3 cm³/mol. The van der Waals surface area contributed by atoms with Gasteiger partial charge in [0.25, 0.3) is 0 Å². The van der Waals surface area contributed by atoms with Gasteiger partial charge in [0.2, 0.25) is 0 Å². The maximum atomic E-state index is 13.5. The van der Waals surface area contributed by atoms with Crippen LogP contribution in [0, 0.1) is 18.6 Å². The number of anilines is 1. The quantitative estimate of drug-likeness (QED) is 0.826. The number of aryl methyl sites for hydroxylation is 1. The molecule has 110 valence electrons. The van der Waals surface area contributed by atoms with Gasteiger partial charge in [-0.1, -0.05) is 35.9 Å². The minimum absolute atomic E-state index is 0.0690. The highest BCUT2D eigenvalue weighted by atomic mass is 32.1. The van der Waals surface area contributed by atoms with Crippen LogP contribution in [0.25, 0.3) is 0 Å². The van der Waals surface area contributed by atoms with Crippen LogP contribution >= 0.6 is 12.2 Å². The lowest BCUT2D eigenvalue weighted by Gasteiger charge is -2.18. The highest BCUT2D eigenvalue weighted by molar-refractivity contribution is 7.80. The first-order chi connectivity index (χ1) is 9.97. The number of benzene rings is 2. The molecule has 0 heterocycles. The smallest absolute Gasteiger partial charge is 0.171 e. The molecule has 2 nitrogen and oxygen atoms in total. The molecule has 0 spiro atoms. The third-order valence-electron chi connectivity index (χ3n) is 3.13. The summed E-state index contributed by atoms with van der Waals surface area (Å²) in [5.41, 5.74) is 1.96. The topological polar surface area (TPSA) is 24.1 Å². The summed E-state index contributed by atoms with van der Waals surface area (Å²) in [6.07, 6.45) is 0. The number of thiocarbonyl (C=S) groups is 1. The molecule has 0 fully saturated rings. The summed E-state index contributed by atoms with van der Waals surface area (Å²) in [6, 6.07) is 11.6. The van der Waals surface area contributed by atoms with Crippen LogP contribution in [0.3, 0.4) is 0 Å². The maximum Gasteiger partial charge on any atom is 0.171 e. The second kappa shape index (κ2) is 6.63. The normalized spacial score (nSPS) is 11.8. The Morgan fingerprint density at radius 2 is 1.62 bits per heavy atom. The van der Waals surface area contributed by atoms with Crippen molar-refractivity contribution in [2.75, 3.05) is 5.32 Å². The molecule has 0 aliphatic carbocycles. The van der Waals surface area contributed by atoms with Crippen LogP contribution in [-0.2, 0) is 0 Å². The largest absolute Gasteiger partial charge is 0.356 e. The number of rotatable bonds is 3. The number of nitrogens with one attached hydrogen (secondary N) is 2. The van der Waals surface area contributed by atoms with Gasteiger partial charge >= 0.3 is 0 Å². The van der Waals surface area contributed by atoms with E-state index in [1.165, 1.54) is 23.8 Å². The lowest BCUT2D eigenvalue weighted by molar-refractivity contribution is 0.590. The molecular formula is C16H16F2N2S. The molecule has 0 aliphatic rings. The van der Waals surface area contributed by atoms with Crippen molar-refractivity contribution in [1.82, 2.24) is 5.32 Å². The Kier molecular flexibility index (Phi) is 4.85. The van der Waals surface area contributed by atoms with Gasteiger partial charge in [0.15, 0.2) is 5.11 Å². The van der Waals surface area contributed by atoms with Crippen molar-refractivity contribution in [2.24, 2.45) is 0 Å². The third-order valence-corrected chi connectivity index (χ3v) is 3.35. The van der Waals surface area contributed by atoms with Crippen LogP contribution in [-0.4, -0.2) is 5.11 Å². The van der Waals surface area contributed by atoms with Crippen molar-refractivity contribution < 1.29 is 8.78 Å². The molecule has 1 unspecified atom stereocenters. The number of halogens is 2. The van der Waals surface area contributed by atoms with Crippen LogP contribution < -0.4 is 10.6 Å². The maximum absolute atomic E-state index is 13.5. The lowest BCUT2D eigenvalue weighted by atomic mass is 10.1. The Morgan fingerprint density at radius 1 is 1.05 bits per heavy atom. The minimum Gasteiger partial charge on any atom is -0.356 e. The van der Waals surface area contributed by atoms with Gasteiger partial charge in [-0.2, -0.15) is 0 Å². The van der Waals surface area contributed by atoms with Crippen LogP contribution in [0.15, 0.2) is 42.5 Å². The van der Waals surface area contributed by atoms with Gasteiger partial charge in [0, 0.05) is 0 Å². The first-order valence-corrected chi connectivity index (χ1v) is 6.96. The second-order valence-electron chi connectivity index (χ2n) is 4.83. The molecule has 2 rings (SSSR count). The molecule has 0 saturated carbocycles. The monoisotopic (exact) mass is 306 g/mol. The molecule has 0 radical (unpaired) electrons. The number of para-hydroxylation sites is 1. The van der Waals surface area contributed by atoms with E-state index < -0.39 is 11.6 Å². The fraction of sp³-hybridized carbons (Fsp3) is 0.188. The predicted octanol–water partition coefficient (Wildman–Crippen LogP) is 4.32. The summed E-state index contributed by atoms with van der Waals surface area (Å²) in [6.45, 7) is 3.94. The summed E-state index contributed by atoms with van der Waals surface area (Å²) >= 11 is 5.10. The zero-order valence-corrected chi connectivity index (χ0v) is 12.6. The van der Waals surface area contributed by atoms with Crippen molar-refractivity contribution in [2.45, 2.75) is 19.9 Å². The van der Waals surface area contributed by atoms with Gasteiger partial charge in [-0.05, 0) is 43.8 Å². The molecule has 0 aromatic heterocycles. The average Bonchev–Trinajstić information content (AvgIpc) is 2.43. The van der Waals surface area contributed by atoms with Crippen molar-refractivity contribution in [3.8, 4) is 0 Å². The molecular weight excluding hydrogens is 290 g/mol. The molecule has 2 N–H and O–H groups in total. The minimum atomic E-state index is -0.679. The van der Waals surface area contributed by atoms with Crippen molar-refractivity contribution in [1.29, 1.82) is 0 Å². The molecule has 5 heteroatoms. The van der Waals surface area contributed by atoms with Crippen molar-refractivity contribution in [3.63, 3.8) is 0 Å². The molecule has 1 atom stereocenters. The molecule has 0 saturated heterocycles. The van der Waals surface area contributed by atoms with E-state index in [0.29, 0.717) is 0 Å². The van der Waals surface area contributed by atoms with E-state index in [1.807, 2.05) is 38.1 Å². The van der Waals surface area contributed by atoms with Gasteiger partial charge in [-0.15, -0.1) is 0 Å². The van der Waals surface area contributed by atoms with E-state index in [1.54, 1.807) is 0 Å². The van der Waals surface area contributed by atoms with Gasteiger partial charge in [0.05, 0.1) is 6.04 Å². The zero-order chi connectivity index (χ0) is 15.4. The molecule has 2 aromatic rings. The standard InChI is InChI=1S/C16H16F2N2S/c1-10-6-8-12(9-7-10)11(2)19-16(21)20-15-13(17)4-3-5-14(15)18/h3-9,11H,1-2H3,(H2,19,20,21). The number of hydrogen-bond donors (Lipinski definition) is 2. The first-order valence-electron chi connectivity index (χ1n) is 6.55. The number of hydrogen-bond acceptors (Lipinski definition) is 1. The second-order valence-corrected chi connectivity index (χ2v) is 5.24. The lowest BCUT2D eigenvalue weighted by Crippen LogP contribution is -2.31. The van der Waals surface area contributed by atoms with Crippen molar-refractivity contribution >= 4 is 23.0 Å².